The summed E-state index contributed by atoms with van der Waals surface area (Å²) in [5.74, 6) is -1.89. The maximum atomic E-state index is 14.1. The lowest BCUT2D eigenvalue weighted by molar-refractivity contribution is -0.148. The molecular weight excluding hydrogens is 727 g/mol. The molecule has 2 atom stereocenters. The van der Waals surface area contributed by atoms with Gasteiger partial charge in [-0.2, -0.15) is 0 Å². The Kier molecular flexibility index (Phi) is 18.1. The molecule has 2 unspecified atom stereocenters. The van der Waals surface area contributed by atoms with Crippen molar-refractivity contribution in [2.75, 3.05) is 13.1 Å². The van der Waals surface area contributed by atoms with Gasteiger partial charge >= 0.3 is 7.69 Å². The molecule has 17 heteroatoms. The number of amides is 4. The van der Waals surface area contributed by atoms with Crippen molar-refractivity contribution < 1.29 is 28.5 Å². The van der Waals surface area contributed by atoms with E-state index in [1.807, 2.05) is 60.7 Å². The molecule has 2 aromatic rings. The Balaban J connectivity index is 1.45. The van der Waals surface area contributed by atoms with Gasteiger partial charge in [-0.1, -0.05) is 99.2 Å². The number of guanidine groups is 2. The molecule has 4 amide bonds. The van der Waals surface area contributed by atoms with Crippen LogP contribution in [-0.4, -0.2) is 68.8 Å². The van der Waals surface area contributed by atoms with Crippen LogP contribution in [0.3, 0.4) is 0 Å². The van der Waals surface area contributed by atoms with E-state index in [4.69, 9.17) is 31.6 Å². The first kappa shape index (κ1) is 44.6. The predicted octanol–water partition coefficient (Wildman–Crippen LogP) is 2.23. The van der Waals surface area contributed by atoms with Crippen LogP contribution >= 0.6 is 0 Å². The molecule has 310 valence electrons. The topological polar surface area (TPSA) is 259 Å². The van der Waals surface area contributed by atoms with E-state index in [2.05, 4.69) is 31.9 Å². The first-order valence-corrected chi connectivity index (χ1v) is 20.2. The fraction of sp³-hybridized carbons (Fsp3) is 0.550. The average Bonchev–Trinajstić information content (AvgIpc) is 3.22. The highest BCUT2D eigenvalue weighted by molar-refractivity contribution is 6.18. The maximum absolute atomic E-state index is 14.1. The van der Waals surface area contributed by atoms with Crippen LogP contribution in [0.5, 0.6) is 0 Å². The maximum Gasteiger partial charge on any atom is 0.441 e. The summed E-state index contributed by atoms with van der Waals surface area (Å²) < 4.78 is 12.3. The summed E-state index contributed by atoms with van der Waals surface area (Å²) in [6.07, 6.45) is 6.17. The largest absolute Gasteiger partial charge is 0.441 e. The fourth-order valence-corrected chi connectivity index (χ4v) is 7.51. The van der Waals surface area contributed by atoms with E-state index in [1.165, 1.54) is 0 Å². The van der Waals surface area contributed by atoms with Crippen molar-refractivity contribution in [3.8, 4) is 0 Å². The normalized spacial score (nSPS) is 16.8. The van der Waals surface area contributed by atoms with Crippen molar-refractivity contribution in [1.82, 2.24) is 31.9 Å². The van der Waals surface area contributed by atoms with Crippen molar-refractivity contribution in [2.24, 2.45) is 22.3 Å². The van der Waals surface area contributed by atoms with Gasteiger partial charge in [0.15, 0.2) is 11.9 Å². The van der Waals surface area contributed by atoms with Gasteiger partial charge in [0, 0.05) is 26.2 Å². The van der Waals surface area contributed by atoms with Gasteiger partial charge in [-0.25, -0.2) is 0 Å². The van der Waals surface area contributed by atoms with Gasteiger partial charge in [0.05, 0.1) is 0 Å². The summed E-state index contributed by atoms with van der Waals surface area (Å²) in [5, 5.41) is 32.4. The molecule has 0 radical (unpaired) electrons. The zero-order chi connectivity index (χ0) is 40.9. The molecule has 2 aliphatic rings. The van der Waals surface area contributed by atoms with Crippen molar-refractivity contribution in [3.63, 3.8) is 0 Å². The molecule has 0 aromatic heterocycles. The third-order valence-electron chi connectivity index (χ3n) is 10.8. The first-order valence-electron chi connectivity index (χ1n) is 20.2. The molecule has 0 heterocycles. The first-order chi connectivity index (χ1) is 27.5. The quantitative estimate of drug-likeness (QED) is 0.0208. The van der Waals surface area contributed by atoms with E-state index in [9.17, 15) is 19.2 Å². The van der Waals surface area contributed by atoms with Crippen LogP contribution < -0.4 is 43.4 Å². The van der Waals surface area contributed by atoms with Gasteiger partial charge in [0.2, 0.25) is 23.6 Å². The second-order valence-electron chi connectivity index (χ2n) is 15.0. The second kappa shape index (κ2) is 23.2. The minimum absolute atomic E-state index is 0.182. The zero-order valence-electron chi connectivity index (χ0n) is 33.0. The summed E-state index contributed by atoms with van der Waals surface area (Å²) in [5.41, 5.74) is 10.3. The Bertz CT molecular complexity index is 1490. The zero-order valence-corrected chi connectivity index (χ0v) is 33.0. The minimum atomic E-state index is -1.28. The number of rotatable bonds is 22. The van der Waals surface area contributed by atoms with Gasteiger partial charge < -0.3 is 52.7 Å². The van der Waals surface area contributed by atoms with E-state index >= 15 is 0 Å². The van der Waals surface area contributed by atoms with Crippen LogP contribution in [0, 0.1) is 21.6 Å². The van der Waals surface area contributed by atoms with E-state index < -0.39 is 35.1 Å². The summed E-state index contributed by atoms with van der Waals surface area (Å²) >= 11 is 0. The smallest absolute Gasteiger partial charge is 0.393 e. The monoisotopic (exact) mass is 788 g/mol. The molecule has 2 aromatic carbocycles. The Morgan fingerprint density at radius 3 is 1.30 bits per heavy atom. The summed E-state index contributed by atoms with van der Waals surface area (Å²) in [7, 11) is -0.337. The highest BCUT2D eigenvalue weighted by Gasteiger charge is 2.48. The van der Waals surface area contributed by atoms with Gasteiger partial charge in [-0.05, 0) is 62.5 Å². The van der Waals surface area contributed by atoms with Crippen molar-refractivity contribution in [2.45, 2.75) is 115 Å². The van der Waals surface area contributed by atoms with Crippen LogP contribution in [-0.2, 0) is 41.6 Å². The molecule has 0 spiro atoms. The molecular formula is C40H61BN10O6. The van der Waals surface area contributed by atoms with E-state index in [-0.39, 0.29) is 31.4 Å². The molecule has 4 rings (SSSR count). The van der Waals surface area contributed by atoms with Crippen molar-refractivity contribution in [1.29, 1.82) is 10.8 Å². The summed E-state index contributed by atoms with van der Waals surface area (Å²) in [6, 6.07) is 19.0. The summed E-state index contributed by atoms with van der Waals surface area (Å²) in [4.78, 5) is 55.8. The Labute approximate surface area is 336 Å². The Morgan fingerprint density at radius 1 is 0.579 bits per heavy atom. The lowest BCUT2D eigenvalue weighted by Crippen LogP contribution is -2.55. The Hall–Kier alpha value is -5.16. The highest BCUT2D eigenvalue weighted by atomic mass is 16.6. The number of benzene rings is 2. The van der Waals surface area contributed by atoms with Crippen LogP contribution in [0.25, 0.3) is 0 Å². The third-order valence-corrected chi connectivity index (χ3v) is 10.8. The average molecular weight is 789 g/mol. The number of nitrogens with two attached hydrogens (primary N) is 2. The van der Waals surface area contributed by atoms with Crippen LogP contribution in [0.2, 0.25) is 0 Å². The molecule has 0 saturated heterocycles. The third kappa shape index (κ3) is 14.1. The minimum Gasteiger partial charge on any atom is -0.393 e. The van der Waals surface area contributed by atoms with Gasteiger partial charge in [0.25, 0.3) is 0 Å². The molecule has 16 nitrogen and oxygen atoms in total. The SMILES string of the molecule is N=C(N)NCCCC(NC(=O)C1(C(=O)NCc2ccccc2)CCCCC1)OBOC(CCCNC(=N)N)NC(=O)C1(C(=O)NCc2ccccc2)CCCCC1. The molecule has 2 fully saturated rings. The number of nitrogens with one attached hydrogen (secondary N) is 8. The molecule has 57 heavy (non-hydrogen) atoms. The molecule has 0 bridgehead atoms. The van der Waals surface area contributed by atoms with Gasteiger partial charge in [-0.15, -0.1) is 0 Å². The molecule has 2 saturated carbocycles. The molecule has 2 aliphatic carbocycles. The van der Waals surface area contributed by atoms with Crippen molar-refractivity contribution in [3.05, 3.63) is 71.8 Å². The molecule has 12 N–H and O–H groups in total. The second-order valence-corrected chi connectivity index (χ2v) is 15.0. The lowest BCUT2D eigenvalue weighted by atomic mass is 9.72. The van der Waals surface area contributed by atoms with E-state index in [1.54, 1.807) is 0 Å². The van der Waals surface area contributed by atoms with E-state index in [0.717, 1.165) is 49.7 Å². The van der Waals surface area contributed by atoms with Crippen molar-refractivity contribution >= 4 is 43.2 Å². The van der Waals surface area contributed by atoms with Gasteiger partial charge in [-0.3, -0.25) is 30.0 Å². The fourth-order valence-electron chi connectivity index (χ4n) is 7.51. The van der Waals surface area contributed by atoms with Gasteiger partial charge in [0.1, 0.15) is 23.3 Å². The van der Waals surface area contributed by atoms with Crippen LogP contribution in [0.1, 0.15) is 101 Å². The predicted molar refractivity (Wildman–Crippen MR) is 219 cm³/mol. The number of carbonyl (C=O) groups is 4. The summed E-state index contributed by atoms with van der Waals surface area (Å²) in [6.45, 7) is 1.30. The number of carbonyl (C=O) groups excluding carboxylic acids is 4. The lowest BCUT2D eigenvalue weighted by Gasteiger charge is -2.36. The standard InChI is InChI=1S/C40H61BN10O6/c42-37(43)46-25-13-19-31(50-35(54)39(21-9-3-10-22-39)33(52)48-27-29-15-5-1-6-16-29)56-41-57-32(20-14-26-47-38(44)45)51-36(55)40(23-11-4-12-24-40)34(53)49-28-30-17-7-2-8-18-30/h1-2,5-8,15-18,31-32,41H,3-4,9-14,19-28H2,(H,48,52)(H,49,53)(H,50,54)(H,51,55)(H4,42,43,46)(H4,44,45,47). The van der Waals surface area contributed by atoms with E-state index in [0.29, 0.717) is 77.5 Å². The highest BCUT2D eigenvalue weighted by Crippen LogP contribution is 2.38. The number of hydrogen-bond acceptors (Lipinski definition) is 8. The molecule has 0 aliphatic heterocycles. The number of hydrogen-bond donors (Lipinski definition) is 10. The van der Waals surface area contributed by atoms with Crippen LogP contribution in [0.15, 0.2) is 60.7 Å². The van der Waals surface area contributed by atoms with Crippen LogP contribution in [0.4, 0.5) is 0 Å². The Morgan fingerprint density at radius 2 is 0.947 bits per heavy atom.